The maximum absolute atomic E-state index is 13.3. The molecule has 0 aromatic heterocycles. The van der Waals surface area contributed by atoms with Crippen molar-refractivity contribution in [3.05, 3.63) is 59.4 Å². The molecule has 0 radical (unpaired) electrons. The highest BCUT2D eigenvalue weighted by molar-refractivity contribution is 7.80. The van der Waals surface area contributed by atoms with E-state index in [1.807, 2.05) is 0 Å². The standard InChI is InChI=1S/C15H12FNOS/c16-12-4-1-10-7-8-17(14(10)9-12)15(18)11-2-5-13(19)6-3-11/h1-6,9,19H,7-8H2. The lowest BCUT2D eigenvalue weighted by molar-refractivity contribution is 0.0989. The van der Waals surface area contributed by atoms with E-state index in [-0.39, 0.29) is 11.7 Å². The van der Waals surface area contributed by atoms with Crippen molar-refractivity contribution < 1.29 is 9.18 Å². The number of carbonyl (C=O) groups excluding carboxylic acids is 1. The summed E-state index contributed by atoms with van der Waals surface area (Å²) in [6.07, 6.45) is 0.770. The number of rotatable bonds is 1. The fourth-order valence-electron chi connectivity index (χ4n) is 2.32. The van der Waals surface area contributed by atoms with Gasteiger partial charge in [-0.15, -0.1) is 12.6 Å². The predicted octanol–water partition coefficient (Wildman–Crippen LogP) is 3.32. The molecule has 2 aromatic rings. The maximum Gasteiger partial charge on any atom is 0.258 e. The molecule has 96 valence electrons. The second-order valence-electron chi connectivity index (χ2n) is 4.53. The Kier molecular flexibility index (Phi) is 3.03. The van der Waals surface area contributed by atoms with Crippen LogP contribution in [0, 0.1) is 5.82 Å². The summed E-state index contributed by atoms with van der Waals surface area (Å²) in [5.74, 6) is -0.415. The average molecular weight is 273 g/mol. The number of anilines is 1. The van der Waals surface area contributed by atoms with Crippen LogP contribution < -0.4 is 4.90 Å². The van der Waals surface area contributed by atoms with E-state index in [0.717, 1.165) is 16.9 Å². The van der Waals surface area contributed by atoms with Crippen LogP contribution in [0.2, 0.25) is 0 Å². The molecule has 0 bridgehead atoms. The summed E-state index contributed by atoms with van der Waals surface area (Å²) in [6.45, 7) is 0.597. The summed E-state index contributed by atoms with van der Waals surface area (Å²) in [5.41, 5.74) is 2.29. The van der Waals surface area contributed by atoms with Crippen molar-refractivity contribution >= 4 is 24.2 Å². The van der Waals surface area contributed by atoms with E-state index in [1.54, 1.807) is 35.2 Å². The minimum atomic E-state index is -0.316. The zero-order valence-electron chi connectivity index (χ0n) is 10.1. The minimum Gasteiger partial charge on any atom is -0.308 e. The number of carbonyl (C=O) groups is 1. The minimum absolute atomic E-state index is 0.0994. The van der Waals surface area contributed by atoms with E-state index in [1.165, 1.54) is 12.1 Å². The van der Waals surface area contributed by atoms with Crippen LogP contribution in [0.15, 0.2) is 47.4 Å². The molecular weight excluding hydrogens is 261 g/mol. The van der Waals surface area contributed by atoms with Crippen LogP contribution in [-0.4, -0.2) is 12.5 Å². The Labute approximate surface area is 116 Å². The molecule has 0 N–H and O–H groups in total. The van der Waals surface area contributed by atoms with Crippen LogP contribution in [-0.2, 0) is 6.42 Å². The van der Waals surface area contributed by atoms with Crippen LogP contribution in [0.4, 0.5) is 10.1 Å². The van der Waals surface area contributed by atoms with Crippen LogP contribution in [0.1, 0.15) is 15.9 Å². The normalized spacial score (nSPS) is 13.5. The highest BCUT2D eigenvalue weighted by Crippen LogP contribution is 2.30. The highest BCUT2D eigenvalue weighted by Gasteiger charge is 2.25. The maximum atomic E-state index is 13.3. The third-order valence-electron chi connectivity index (χ3n) is 3.30. The summed E-state index contributed by atoms with van der Waals surface area (Å²) in [5, 5.41) is 0. The van der Waals surface area contributed by atoms with Crippen molar-refractivity contribution in [3.8, 4) is 0 Å². The van der Waals surface area contributed by atoms with Gasteiger partial charge in [-0.05, 0) is 48.4 Å². The van der Waals surface area contributed by atoms with Crippen molar-refractivity contribution in [2.75, 3.05) is 11.4 Å². The molecule has 0 saturated heterocycles. The van der Waals surface area contributed by atoms with Crippen molar-refractivity contribution in [1.82, 2.24) is 0 Å². The van der Waals surface area contributed by atoms with E-state index in [9.17, 15) is 9.18 Å². The predicted molar refractivity (Wildman–Crippen MR) is 75.5 cm³/mol. The number of hydrogen-bond donors (Lipinski definition) is 1. The van der Waals surface area contributed by atoms with E-state index in [0.29, 0.717) is 17.8 Å². The molecule has 4 heteroatoms. The third-order valence-corrected chi connectivity index (χ3v) is 3.60. The van der Waals surface area contributed by atoms with Gasteiger partial charge in [0, 0.05) is 17.0 Å². The Balaban J connectivity index is 1.95. The van der Waals surface area contributed by atoms with Gasteiger partial charge in [-0.25, -0.2) is 4.39 Å². The van der Waals surface area contributed by atoms with Crippen molar-refractivity contribution in [2.45, 2.75) is 11.3 Å². The fourth-order valence-corrected chi connectivity index (χ4v) is 2.47. The van der Waals surface area contributed by atoms with E-state index in [4.69, 9.17) is 0 Å². The van der Waals surface area contributed by atoms with Gasteiger partial charge in [0.05, 0.1) is 5.69 Å². The number of nitrogens with zero attached hydrogens (tertiary/aromatic N) is 1. The zero-order valence-corrected chi connectivity index (χ0v) is 11.0. The summed E-state index contributed by atoms with van der Waals surface area (Å²) in [4.78, 5) is 14.9. The quantitative estimate of drug-likeness (QED) is 0.790. The SMILES string of the molecule is O=C(c1ccc(S)cc1)N1CCc2ccc(F)cc21. The molecule has 0 saturated carbocycles. The summed E-state index contributed by atoms with van der Waals surface area (Å²) in [7, 11) is 0. The number of benzene rings is 2. The molecule has 0 atom stereocenters. The van der Waals surface area contributed by atoms with Gasteiger partial charge >= 0.3 is 0 Å². The van der Waals surface area contributed by atoms with Gasteiger partial charge in [0.2, 0.25) is 0 Å². The Morgan fingerprint density at radius 2 is 1.89 bits per heavy atom. The second-order valence-corrected chi connectivity index (χ2v) is 5.04. The lowest BCUT2D eigenvalue weighted by Gasteiger charge is -2.17. The second kappa shape index (κ2) is 4.70. The third kappa shape index (κ3) is 2.24. The van der Waals surface area contributed by atoms with E-state index >= 15 is 0 Å². The smallest absolute Gasteiger partial charge is 0.258 e. The number of hydrogen-bond acceptors (Lipinski definition) is 2. The molecular formula is C15H12FNOS. The Bertz CT molecular complexity index is 639. The molecule has 1 aliphatic rings. The molecule has 1 heterocycles. The van der Waals surface area contributed by atoms with Gasteiger partial charge < -0.3 is 4.90 Å². The summed E-state index contributed by atoms with van der Waals surface area (Å²) >= 11 is 4.19. The first-order valence-corrected chi connectivity index (χ1v) is 6.49. The largest absolute Gasteiger partial charge is 0.308 e. The van der Waals surface area contributed by atoms with Crippen molar-refractivity contribution in [3.63, 3.8) is 0 Å². The Morgan fingerprint density at radius 1 is 1.16 bits per heavy atom. The lowest BCUT2D eigenvalue weighted by Crippen LogP contribution is -2.28. The number of thiol groups is 1. The topological polar surface area (TPSA) is 20.3 Å². The van der Waals surface area contributed by atoms with E-state index < -0.39 is 0 Å². The Hall–Kier alpha value is -1.81. The molecule has 0 fully saturated rings. The van der Waals surface area contributed by atoms with Gasteiger partial charge in [-0.3, -0.25) is 4.79 Å². The first kappa shape index (κ1) is 12.2. The molecule has 3 rings (SSSR count). The number of halogens is 1. The van der Waals surface area contributed by atoms with E-state index in [2.05, 4.69) is 12.6 Å². The van der Waals surface area contributed by atoms with Crippen molar-refractivity contribution in [1.29, 1.82) is 0 Å². The molecule has 2 aromatic carbocycles. The first-order valence-electron chi connectivity index (χ1n) is 6.04. The molecule has 2 nitrogen and oxygen atoms in total. The van der Waals surface area contributed by atoms with Crippen LogP contribution >= 0.6 is 12.6 Å². The molecule has 1 amide bonds. The number of amides is 1. The van der Waals surface area contributed by atoms with Gasteiger partial charge in [-0.2, -0.15) is 0 Å². The van der Waals surface area contributed by atoms with Gasteiger partial charge in [0.25, 0.3) is 5.91 Å². The zero-order chi connectivity index (χ0) is 13.4. The summed E-state index contributed by atoms with van der Waals surface area (Å²) in [6, 6.07) is 11.6. The Morgan fingerprint density at radius 3 is 2.63 bits per heavy atom. The van der Waals surface area contributed by atoms with Crippen LogP contribution in [0.5, 0.6) is 0 Å². The van der Waals surface area contributed by atoms with Crippen LogP contribution in [0.25, 0.3) is 0 Å². The van der Waals surface area contributed by atoms with Gasteiger partial charge in [0.15, 0.2) is 0 Å². The number of fused-ring (bicyclic) bond motifs is 1. The van der Waals surface area contributed by atoms with Crippen LogP contribution in [0.3, 0.4) is 0 Å². The fraction of sp³-hybridized carbons (Fsp3) is 0.133. The van der Waals surface area contributed by atoms with Gasteiger partial charge in [0.1, 0.15) is 5.82 Å². The first-order chi connectivity index (χ1) is 9.15. The average Bonchev–Trinajstić information content (AvgIpc) is 2.81. The summed E-state index contributed by atoms with van der Waals surface area (Å²) < 4.78 is 13.3. The van der Waals surface area contributed by atoms with Crippen molar-refractivity contribution in [2.24, 2.45) is 0 Å². The molecule has 0 unspecified atom stereocenters. The molecule has 0 spiro atoms. The van der Waals surface area contributed by atoms with Gasteiger partial charge in [-0.1, -0.05) is 6.07 Å². The molecule has 1 aliphatic heterocycles. The highest BCUT2D eigenvalue weighted by atomic mass is 32.1. The molecule has 0 aliphatic carbocycles. The monoisotopic (exact) mass is 273 g/mol. The lowest BCUT2D eigenvalue weighted by atomic mass is 10.1. The molecule has 19 heavy (non-hydrogen) atoms.